The minimum absolute atomic E-state index is 0.0605. The molecule has 0 radical (unpaired) electrons. The van der Waals surface area contributed by atoms with Gasteiger partial charge in [0.05, 0.1) is 0 Å². The van der Waals surface area contributed by atoms with E-state index in [4.69, 9.17) is 0 Å². The number of carbonyl (C=O) groups is 1. The van der Waals surface area contributed by atoms with Crippen LogP contribution in [-0.4, -0.2) is 18.5 Å². The molecule has 0 aliphatic heterocycles. The van der Waals surface area contributed by atoms with Crippen LogP contribution in [0.25, 0.3) is 0 Å². The van der Waals surface area contributed by atoms with E-state index in [0.29, 0.717) is 12.3 Å². The third-order valence-corrected chi connectivity index (χ3v) is 3.06. The monoisotopic (exact) mass is 248 g/mol. The predicted octanol–water partition coefficient (Wildman–Crippen LogP) is 3.04. The number of benzene rings is 1. The van der Waals surface area contributed by atoms with Gasteiger partial charge in [-0.2, -0.15) is 0 Å². The Labute approximate surface area is 110 Å². The number of hydrogen-bond donors (Lipinski definition) is 2. The topological polar surface area (TPSA) is 41.1 Å². The highest BCUT2D eigenvalue weighted by Gasteiger charge is 2.09. The van der Waals surface area contributed by atoms with Crippen LogP contribution in [0.4, 0.5) is 5.69 Å². The molecular weight excluding hydrogens is 224 g/mol. The summed E-state index contributed by atoms with van der Waals surface area (Å²) in [7, 11) is 0. The van der Waals surface area contributed by atoms with E-state index in [1.807, 2.05) is 37.3 Å². The van der Waals surface area contributed by atoms with Crippen molar-refractivity contribution in [3.05, 3.63) is 30.3 Å². The highest BCUT2D eigenvalue weighted by Crippen LogP contribution is 2.06. The quantitative estimate of drug-likeness (QED) is 0.778. The minimum atomic E-state index is 0.0605. The number of anilines is 1. The van der Waals surface area contributed by atoms with Gasteiger partial charge in [0.25, 0.3) is 0 Å². The van der Waals surface area contributed by atoms with E-state index in [2.05, 4.69) is 24.5 Å². The number of para-hydroxylation sites is 1. The number of hydrogen-bond acceptors (Lipinski definition) is 2. The second kappa shape index (κ2) is 7.88. The SMILES string of the molecule is CCC(C)CNC(C)CC(=O)Nc1ccccc1. The highest BCUT2D eigenvalue weighted by atomic mass is 16.1. The molecule has 0 spiro atoms. The number of nitrogens with one attached hydrogen (secondary N) is 2. The molecule has 18 heavy (non-hydrogen) atoms. The van der Waals surface area contributed by atoms with Crippen LogP contribution in [0.1, 0.15) is 33.6 Å². The van der Waals surface area contributed by atoms with Crippen LogP contribution in [0.5, 0.6) is 0 Å². The van der Waals surface area contributed by atoms with Crippen molar-refractivity contribution in [3.63, 3.8) is 0 Å². The zero-order chi connectivity index (χ0) is 13.4. The summed E-state index contributed by atoms with van der Waals surface area (Å²) in [6, 6.07) is 9.78. The van der Waals surface area contributed by atoms with Gasteiger partial charge in [-0.05, 0) is 31.5 Å². The standard InChI is InChI=1S/C15H24N2O/c1-4-12(2)11-16-13(3)10-15(18)17-14-8-6-5-7-9-14/h5-9,12-13,16H,4,10-11H2,1-3H3,(H,17,18). The summed E-state index contributed by atoms with van der Waals surface area (Å²) in [5, 5.41) is 6.28. The van der Waals surface area contributed by atoms with Gasteiger partial charge in [0.15, 0.2) is 0 Å². The average Bonchev–Trinajstić information content (AvgIpc) is 2.37. The summed E-state index contributed by atoms with van der Waals surface area (Å²) in [6.07, 6.45) is 1.67. The fraction of sp³-hybridized carbons (Fsp3) is 0.533. The Hall–Kier alpha value is -1.35. The zero-order valence-corrected chi connectivity index (χ0v) is 11.6. The molecule has 0 heterocycles. The molecule has 2 N–H and O–H groups in total. The Kier molecular flexibility index (Phi) is 6.44. The fourth-order valence-corrected chi connectivity index (χ4v) is 1.63. The minimum Gasteiger partial charge on any atom is -0.326 e. The molecule has 0 fully saturated rings. The van der Waals surface area contributed by atoms with Gasteiger partial charge in [0.2, 0.25) is 5.91 Å². The fourth-order valence-electron chi connectivity index (χ4n) is 1.63. The summed E-state index contributed by atoms with van der Waals surface area (Å²) < 4.78 is 0. The Morgan fingerprint density at radius 2 is 1.89 bits per heavy atom. The van der Waals surface area contributed by atoms with Crippen LogP contribution < -0.4 is 10.6 Å². The Morgan fingerprint density at radius 3 is 2.50 bits per heavy atom. The van der Waals surface area contributed by atoms with Gasteiger partial charge in [0, 0.05) is 18.2 Å². The van der Waals surface area contributed by atoms with Crippen molar-refractivity contribution in [1.82, 2.24) is 5.32 Å². The molecule has 0 aliphatic rings. The summed E-state index contributed by atoms with van der Waals surface area (Å²) in [5.74, 6) is 0.718. The van der Waals surface area contributed by atoms with Crippen molar-refractivity contribution in [2.24, 2.45) is 5.92 Å². The van der Waals surface area contributed by atoms with Crippen molar-refractivity contribution in [2.75, 3.05) is 11.9 Å². The molecule has 1 amide bonds. The highest BCUT2D eigenvalue weighted by molar-refractivity contribution is 5.90. The molecule has 1 aromatic carbocycles. The lowest BCUT2D eigenvalue weighted by Crippen LogP contribution is -2.33. The smallest absolute Gasteiger partial charge is 0.225 e. The third-order valence-electron chi connectivity index (χ3n) is 3.06. The molecule has 0 bridgehead atoms. The van der Waals surface area contributed by atoms with Crippen molar-refractivity contribution in [2.45, 2.75) is 39.7 Å². The lowest BCUT2D eigenvalue weighted by molar-refractivity contribution is -0.116. The third kappa shape index (κ3) is 5.82. The van der Waals surface area contributed by atoms with Crippen LogP contribution in [0.2, 0.25) is 0 Å². The predicted molar refractivity (Wildman–Crippen MR) is 76.6 cm³/mol. The van der Waals surface area contributed by atoms with Crippen LogP contribution in [0.3, 0.4) is 0 Å². The molecule has 0 saturated heterocycles. The Bertz CT molecular complexity index is 351. The molecule has 0 aliphatic carbocycles. The van der Waals surface area contributed by atoms with E-state index in [1.54, 1.807) is 0 Å². The Balaban J connectivity index is 2.27. The molecule has 100 valence electrons. The molecule has 3 heteroatoms. The molecule has 2 unspecified atom stereocenters. The first-order chi connectivity index (χ1) is 8.61. The average molecular weight is 248 g/mol. The first-order valence-electron chi connectivity index (χ1n) is 6.70. The zero-order valence-electron chi connectivity index (χ0n) is 11.6. The summed E-state index contributed by atoms with van der Waals surface area (Å²) in [6.45, 7) is 7.41. The summed E-state index contributed by atoms with van der Waals surface area (Å²) >= 11 is 0. The van der Waals surface area contributed by atoms with Crippen LogP contribution in [-0.2, 0) is 4.79 Å². The van der Waals surface area contributed by atoms with E-state index in [1.165, 1.54) is 0 Å². The number of rotatable bonds is 7. The van der Waals surface area contributed by atoms with Gasteiger partial charge in [-0.25, -0.2) is 0 Å². The van der Waals surface area contributed by atoms with Gasteiger partial charge in [-0.3, -0.25) is 4.79 Å². The molecular formula is C15H24N2O. The van der Waals surface area contributed by atoms with Crippen molar-refractivity contribution >= 4 is 11.6 Å². The Morgan fingerprint density at radius 1 is 1.22 bits per heavy atom. The van der Waals surface area contributed by atoms with E-state index in [0.717, 1.165) is 18.7 Å². The molecule has 1 aromatic rings. The number of carbonyl (C=O) groups excluding carboxylic acids is 1. The van der Waals surface area contributed by atoms with Gasteiger partial charge in [-0.15, -0.1) is 0 Å². The number of amides is 1. The lowest BCUT2D eigenvalue weighted by atomic mass is 10.1. The largest absolute Gasteiger partial charge is 0.326 e. The normalized spacial score (nSPS) is 13.9. The van der Waals surface area contributed by atoms with Gasteiger partial charge < -0.3 is 10.6 Å². The van der Waals surface area contributed by atoms with Gasteiger partial charge in [-0.1, -0.05) is 38.5 Å². The van der Waals surface area contributed by atoms with E-state index >= 15 is 0 Å². The van der Waals surface area contributed by atoms with Crippen LogP contribution >= 0.6 is 0 Å². The second-order valence-electron chi connectivity index (χ2n) is 4.94. The van der Waals surface area contributed by atoms with Crippen LogP contribution in [0.15, 0.2) is 30.3 Å². The maximum Gasteiger partial charge on any atom is 0.225 e. The molecule has 1 rings (SSSR count). The second-order valence-corrected chi connectivity index (χ2v) is 4.94. The van der Waals surface area contributed by atoms with Crippen LogP contribution in [0, 0.1) is 5.92 Å². The van der Waals surface area contributed by atoms with E-state index in [9.17, 15) is 4.79 Å². The van der Waals surface area contributed by atoms with Crippen molar-refractivity contribution in [3.8, 4) is 0 Å². The maximum atomic E-state index is 11.8. The molecule has 3 nitrogen and oxygen atoms in total. The van der Waals surface area contributed by atoms with E-state index < -0.39 is 0 Å². The molecule has 0 saturated carbocycles. The van der Waals surface area contributed by atoms with Gasteiger partial charge in [0.1, 0.15) is 0 Å². The molecule has 0 aromatic heterocycles. The first-order valence-corrected chi connectivity index (χ1v) is 6.70. The van der Waals surface area contributed by atoms with Crippen molar-refractivity contribution in [1.29, 1.82) is 0 Å². The van der Waals surface area contributed by atoms with Gasteiger partial charge >= 0.3 is 0 Å². The molecule has 2 atom stereocenters. The summed E-state index contributed by atoms with van der Waals surface area (Å²) in [4.78, 5) is 11.8. The summed E-state index contributed by atoms with van der Waals surface area (Å²) in [5.41, 5.74) is 0.858. The lowest BCUT2D eigenvalue weighted by Gasteiger charge is -2.16. The maximum absolute atomic E-state index is 11.8. The first kappa shape index (κ1) is 14.7. The van der Waals surface area contributed by atoms with Crippen molar-refractivity contribution < 1.29 is 4.79 Å². The van der Waals surface area contributed by atoms with E-state index in [-0.39, 0.29) is 11.9 Å².